The van der Waals surface area contributed by atoms with Gasteiger partial charge in [-0.25, -0.2) is 8.42 Å². The van der Waals surface area contributed by atoms with Crippen molar-refractivity contribution in [3.8, 4) is 0 Å². The minimum atomic E-state index is -3.28. The summed E-state index contributed by atoms with van der Waals surface area (Å²) in [5.74, 6) is -0.227. The van der Waals surface area contributed by atoms with E-state index < -0.39 is 15.1 Å². The highest BCUT2D eigenvalue weighted by Crippen LogP contribution is 2.32. The minimum absolute atomic E-state index is 0.0218. The third-order valence-electron chi connectivity index (χ3n) is 4.76. The Morgan fingerprint density at radius 1 is 1.12 bits per heavy atom. The molecule has 1 amide bonds. The lowest BCUT2D eigenvalue weighted by molar-refractivity contribution is 0.0763. The molecule has 0 radical (unpaired) electrons. The number of fused-ring (bicyclic) bond motifs is 1. The maximum absolute atomic E-state index is 13.0. The zero-order valence-electron chi connectivity index (χ0n) is 14.0. The van der Waals surface area contributed by atoms with Gasteiger partial charge in [0, 0.05) is 29.5 Å². The number of carbonyl (C=O) groups is 1. The lowest BCUT2D eigenvalue weighted by atomic mass is 10.1. The molecule has 1 aliphatic rings. The van der Waals surface area contributed by atoms with E-state index >= 15 is 0 Å². The molecule has 1 unspecified atom stereocenters. The Balaban J connectivity index is 1.64. The monoisotopic (exact) mass is 386 g/mol. The van der Waals surface area contributed by atoms with Crippen molar-refractivity contribution in [3.63, 3.8) is 0 Å². The van der Waals surface area contributed by atoms with E-state index in [1.807, 2.05) is 47.8 Å². The highest BCUT2D eigenvalue weighted by atomic mass is 32.2. The van der Waals surface area contributed by atoms with E-state index in [4.69, 9.17) is 0 Å². The van der Waals surface area contributed by atoms with E-state index in [9.17, 15) is 13.2 Å². The van der Waals surface area contributed by atoms with Crippen LogP contribution in [-0.2, 0) is 9.84 Å². The molecule has 0 bridgehead atoms. The fraction of sp³-hybridized carbons (Fsp3) is 0.263. The van der Waals surface area contributed by atoms with Crippen molar-refractivity contribution in [2.75, 3.05) is 18.8 Å². The van der Waals surface area contributed by atoms with Crippen LogP contribution in [0.25, 0.3) is 10.8 Å². The van der Waals surface area contributed by atoms with Gasteiger partial charge in [0.15, 0.2) is 9.84 Å². The maximum Gasteiger partial charge on any atom is 0.273 e. The molecule has 0 N–H and O–H groups in total. The Kier molecular flexibility index (Phi) is 4.50. The summed E-state index contributed by atoms with van der Waals surface area (Å²) in [6.07, 6.45) is 2.04. The fourth-order valence-electron chi connectivity index (χ4n) is 3.38. The van der Waals surface area contributed by atoms with Gasteiger partial charge in [0.05, 0.1) is 11.0 Å². The number of hydrogen-bond donors (Lipinski definition) is 0. The van der Waals surface area contributed by atoms with Crippen LogP contribution in [0, 0.1) is 0 Å². The summed E-state index contributed by atoms with van der Waals surface area (Å²) >= 11 is 1.45. The number of rotatable bonds is 2. The van der Waals surface area contributed by atoms with Crippen LogP contribution in [0.15, 0.2) is 54.0 Å². The third kappa shape index (κ3) is 3.12. The van der Waals surface area contributed by atoms with Gasteiger partial charge in [0.1, 0.15) is 5.69 Å². The second-order valence-corrected chi connectivity index (χ2v) is 9.61. The molecule has 3 heterocycles. The number of benzene rings is 1. The van der Waals surface area contributed by atoms with Gasteiger partial charge in [-0.1, -0.05) is 30.3 Å². The predicted molar refractivity (Wildman–Crippen MR) is 103 cm³/mol. The Labute approximate surface area is 156 Å². The first-order chi connectivity index (χ1) is 12.6. The molecule has 7 heteroatoms. The first-order valence-electron chi connectivity index (χ1n) is 8.44. The maximum atomic E-state index is 13.0. The van der Waals surface area contributed by atoms with Crippen LogP contribution in [0.2, 0.25) is 0 Å². The molecule has 0 saturated carbocycles. The quantitative estimate of drug-likeness (QED) is 0.678. The molecule has 26 heavy (non-hydrogen) atoms. The SMILES string of the molecule is O=C(c1nccc2ccccc12)N1CCC(c2cccs2)S(=O)(=O)CC1. The van der Waals surface area contributed by atoms with Crippen molar-refractivity contribution in [2.24, 2.45) is 0 Å². The fourth-order valence-corrected chi connectivity index (χ4v) is 6.38. The van der Waals surface area contributed by atoms with Gasteiger partial charge in [-0.15, -0.1) is 11.3 Å². The molecule has 1 fully saturated rings. The lowest BCUT2D eigenvalue weighted by Gasteiger charge is -2.20. The zero-order valence-corrected chi connectivity index (χ0v) is 15.7. The molecule has 4 rings (SSSR count). The minimum Gasteiger partial charge on any atom is -0.336 e. The Hall–Kier alpha value is -2.25. The first-order valence-corrected chi connectivity index (χ1v) is 11.0. The summed E-state index contributed by atoms with van der Waals surface area (Å²) in [5.41, 5.74) is 0.384. The number of nitrogens with zero attached hydrogens (tertiary/aromatic N) is 2. The van der Waals surface area contributed by atoms with Crippen LogP contribution in [0.5, 0.6) is 0 Å². The Bertz CT molecular complexity index is 1040. The van der Waals surface area contributed by atoms with Gasteiger partial charge < -0.3 is 4.90 Å². The van der Waals surface area contributed by atoms with Crippen molar-refractivity contribution in [3.05, 3.63) is 64.6 Å². The van der Waals surface area contributed by atoms with Crippen molar-refractivity contribution in [1.29, 1.82) is 0 Å². The van der Waals surface area contributed by atoms with Crippen molar-refractivity contribution in [1.82, 2.24) is 9.88 Å². The van der Waals surface area contributed by atoms with Crippen molar-refractivity contribution in [2.45, 2.75) is 11.7 Å². The van der Waals surface area contributed by atoms with Crippen LogP contribution >= 0.6 is 11.3 Å². The van der Waals surface area contributed by atoms with Gasteiger partial charge in [0.2, 0.25) is 0 Å². The van der Waals surface area contributed by atoms with Crippen molar-refractivity contribution < 1.29 is 13.2 Å². The summed E-state index contributed by atoms with van der Waals surface area (Å²) in [6, 6.07) is 13.2. The molecular weight excluding hydrogens is 368 g/mol. The van der Waals surface area contributed by atoms with E-state index in [-0.39, 0.29) is 18.2 Å². The van der Waals surface area contributed by atoms with Gasteiger partial charge in [0.25, 0.3) is 5.91 Å². The smallest absolute Gasteiger partial charge is 0.273 e. The van der Waals surface area contributed by atoms with Gasteiger partial charge in [-0.3, -0.25) is 9.78 Å². The first kappa shape index (κ1) is 17.2. The van der Waals surface area contributed by atoms with E-state index in [1.54, 1.807) is 11.1 Å². The molecule has 5 nitrogen and oxygen atoms in total. The number of hydrogen-bond acceptors (Lipinski definition) is 5. The largest absolute Gasteiger partial charge is 0.336 e. The number of aromatic nitrogens is 1. The lowest BCUT2D eigenvalue weighted by Crippen LogP contribution is -2.34. The molecule has 0 spiro atoms. The number of sulfone groups is 1. The van der Waals surface area contributed by atoms with Crippen LogP contribution in [0.4, 0.5) is 0 Å². The summed E-state index contributed by atoms with van der Waals surface area (Å²) in [4.78, 5) is 19.8. The van der Waals surface area contributed by atoms with Crippen LogP contribution < -0.4 is 0 Å². The van der Waals surface area contributed by atoms with Crippen LogP contribution in [0.3, 0.4) is 0 Å². The summed E-state index contributed by atoms with van der Waals surface area (Å²) < 4.78 is 25.3. The third-order valence-corrected chi connectivity index (χ3v) is 8.01. The Morgan fingerprint density at radius 2 is 1.96 bits per heavy atom. The summed E-state index contributed by atoms with van der Waals surface area (Å²) in [6.45, 7) is 0.611. The zero-order chi connectivity index (χ0) is 18.1. The number of amides is 1. The van der Waals surface area contributed by atoms with Gasteiger partial charge >= 0.3 is 0 Å². The van der Waals surface area contributed by atoms with E-state index in [2.05, 4.69) is 4.98 Å². The molecule has 3 aromatic rings. The average Bonchev–Trinajstić information content (AvgIpc) is 3.12. The second-order valence-electron chi connectivity index (χ2n) is 6.33. The molecule has 1 aromatic carbocycles. The highest BCUT2D eigenvalue weighted by molar-refractivity contribution is 7.91. The Morgan fingerprint density at radius 3 is 2.77 bits per heavy atom. The molecule has 2 aromatic heterocycles. The van der Waals surface area contributed by atoms with E-state index in [1.165, 1.54) is 11.3 Å². The second kappa shape index (κ2) is 6.81. The molecule has 1 atom stereocenters. The topological polar surface area (TPSA) is 67.3 Å². The number of pyridine rings is 1. The van der Waals surface area contributed by atoms with Crippen molar-refractivity contribution >= 4 is 37.9 Å². The summed E-state index contributed by atoms with van der Waals surface area (Å²) in [5, 5.41) is 3.10. The van der Waals surface area contributed by atoms with Gasteiger partial charge in [-0.05, 0) is 29.3 Å². The van der Waals surface area contributed by atoms with E-state index in [0.29, 0.717) is 18.7 Å². The molecular formula is C19H18N2O3S2. The number of carbonyl (C=O) groups excluding carboxylic acids is 1. The van der Waals surface area contributed by atoms with E-state index in [0.717, 1.165) is 15.6 Å². The average molecular weight is 386 g/mol. The molecule has 1 saturated heterocycles. The molecule has 1 aliphatic heterocycles. The molecule has 0 aliphatic carbocycles. The molecule has 134 valence electrons. The number of thiophene rings is 1. The normalized spacial score (nSPS) is 20.0. The summed E-state index contributed by atoms with van der Waals surface area (Å²) in [7, 11) is -3.28. The highest BCUT2D eigenvalue weighted by Gasteiger charge is 2.34. The predicted octanol–water partition coefficient (Wildman–Crippen LogP) is 3.30. The van der Waals surface area contributed by atoms with Crippen LogP contribution in [0.1, 0.15) is 27.0 Å². The van der Waals surface area contributed by atoms with Gasteiger partial charge in [-0.2, -0.15) is 0 Å². The standard InChI is InChI=1S/C19H18N2O3S2/c22-19(18-15-5-2-1-4-14(15)7-9-20-18)21-10-8-17(16-6-3-12-25-16)26(23,24)13-11-21/h1-7,9,12,17H,8,10-11,13H2. The van der Waals surface area contributed by atoms with Crippen LogP contribution in [-0.4, -0.2) is 43.1 Å².